The van der Waals surface area contributed by atoms with Gasteiger partial charge in [0.1, 0.15) is 0 Å². The summed E-state index contributed by atoms with van der Waals surface area (Å²) in [6.45, 7) is 2.77. The zero-order chi connectivity index (χ0) is 12.0. The number of benzene rings is 1. The molecule has 1 atom stereocenters. The van der Waals surface area contributed by atoms with Crippen LogP contribution < -0.4 is 5.48 Å². The number of rotatable bonds is 5. The highest BCUT2D eigenvalue weighted by molar-refractivity contribution is 5.20. The van der Waals surface area contributed by atoms with Gasteiger partial charge in [0, 0.05) is 0 Å². The first-order valence-electron chi connectivity index (χ1n) is 6.12. The summed E-state index contributed by atoms with van der Waals surface area (Å²) in [6, 6.07) is 10.2. The van der Waals surface area contributed by atoms with Crippen LogP contribution in [0.2, 0.25) is 0 Å². The molecule has 0 bridgehead atoms. The topological polar surface area (TPSA) is 21.3 Å². The Labute approximate surface area is 103 Å². The van der Waals surface area contributed by atoms with Gasteiger partial charge in [-0.1, -0.05) is 61.6 Å². The molecule has 1 unspecified atom stereocenters. The van der Waals surface area contributed by atoms with Crippen molar-refractivity contribution in [2.24, 2.45) is 0 Å². The molecule has 90 valence electrons. The van der Waals surface area contributed by atoms with Gasteiger partial charge in [0.15, 0.2) is 0 Å². The van der Waals surface area contributed by atoms with Crippen LogP contribution in [-0.2, 0) is 11.4 Å². The van der Waals surface area contributed by atoms with Crippen LogP contribution in [-0.4, -0.2) is 5.54 Å². The van der Waals surface area contributed by atoms with Gasteiger partial charge >= 0.3 is 0 Å². The van der Waals surface area contributed by atoms with E-state index in [0.717, 1.165) is 12.8 Å². The molecule has 2 rings (SSSR count). The van der Waals surface area contributed by atoms with Gasteiger partial charge in [0.2, 0.25) is 0 Å². The van der Waals surface area contributed by atoms with Gasteiger partial charge in [-0.15, -0.1) is 0 Å². The summed E-state index contributed by atoms with van der Waals surface area (Å²) < 4.78 is 0. The van der Waals surface area contributed by atoms with E-state index in [9.17, 15) is 0 Å². The molecule has 1 N–H and O–H groups in total. The highest BCUT2D eigenvalue weighted by Gasteiger charge is 2.24. The Morgan fingerprint density at radius 1 is 1.24 bits per heavy atom. The van der Waals surface area contributed by atoms with Gasteiger partial charge in [0.25, 0.3) is 0 Å². The molecular formula is C15H19NO. The second kappa shape index (κ2) is 5.80. The van der Waals surface area contributed by atoms with Crippen LogP contribution >= 0.6 is 0 Å². The van der Waals surface area contributed by atoms with Crippen LogP contribution in [0, 0.1) is 0 Å². The number of hydroxylamine groups is 1. The summed E-state index contributed by atoms with van der Waals surface area (Å²) in [5.74, 6) is 0. The molecule has 1 aromatic rings. The van der Waals surface area contributed by atoms with Crippen molar-refractivity contribution in [2.45, 2.75) is 31.9 Å². The lowest BCUT2D eigenvalue weighted by atomic mass is 9.90. The molecule has 0 saturated heterocycles. The standard InChI is InChI=1S/C15H19NO/c1-2-15(11-7-4-8-12-15)16-17-13-14-9-5-3-6-10-14/h3-11,16H,2,12-13H2,1H3. The SMILES string of the molecule is CCC1(NOCc2ccccc2)C=CC=CC1. The summed E-state index contributed by atoms with van der Waals surface area (Å²) in [5.41, 5.74) is 4.34. The van der Waals surface area contributed by atoms with Crippen LogP contribution in [0.15, 0.2) is 54.6 Å². The smallest absolute Gasteiger partial charge is 0.0933 e. The highest BCUT2D eigenvalue weighted by atomic mass is 16.6. The second-order valence-electron chi connectivity index (χ2n) is 4.38. The predicted molar refractivity (Wildman–Crippen MR) is 70.3 cm³/mol. The van der Waals surface area contributed by atoms with Crippen molar-refractivity contribution in [3.05, 3.63) is 60.2 Å². The fourth-order valence-electron chi connectivity index (χ4n) is 1.91. The molecule has 17 heavy (non-hydrogen) atoms. The maximum Gasteiger partial charge on any atom is 0.0933 e. The molecule has 0 fully saturated rings. The van der Waals surface area contributed by atoms with Gasteiger partial charge in [-0.3, -0.25) is 4.84 Å². The van der Waals surface area contributed by atoms with Gasteiger partial charge in [-0.2, -0.15) is 5.48 Å². The van der Waals surface area contributed by atoms with Crippen molar-refractivity contribution in [1.82, 2.24) is 5.48 Å². The summed E-state index contributed by atoms with van der Waals surface area (Å²) in [4.78, 5) is 5.62. The van der Waals surface area contributed by atoms with Crippen molar-refractivity contribution in [2.75, 3.05) is 0 Å². The molecule has 0 heterocycles. The molecule has 1 aliphatic carbocycles. The fourth-order valence-corrected chi connectivity index (χ4v) is 1.91. The lowest BCUT2D eigenvalue weighted by Crippen LogP contribution is -2.43. The molecule has 0 aliphatic heterocycles. The maximum absolute atomic E-state index is 5.62. The lowest BCUT2D eigenvalue weighted by molar-refractivity contribution is -0.0201. The van der Waals surface area contributed by atoms with E-state index in [0.29, 0.717) is 6.61 Å². The van der Waals surface area contributed by atoms with Crippen molar-refractivity contribution in [3.63, 3.8) is 0 Å². The van der Waals surface area contributed by atoms with E-state index in [4.69, 9.17) is 4.84 Å². The van der Waals surface area contributed by atoms with Crippen LogP contribution in [0.5, 0.6) is 0 Å². The monoisotopic (exact) mass is 229 g/mol. The normalized spacial score (nSPS) is 22.9. The van der Waals surface area contributed by atoms with Gasteiger partial charge in [0.05, 0.1) is 12.1 Å². The third-order valence-corrected chi connectivity index (χ3v) is 3.13. The third kappa shape index (κ3) is 3.29. The Balaban J connectivity index is 1.85. The molecule has 0 aromatic heterocycles. The summed E-state index contributed by atoms with van der Waals surface area (Å²) >= 11 is 0. The molecule has 2 nitrogen and oxygen atoms in total. The van der Waals surface area contributed by atoms with Crippen molar-refractivity contribution in [3.8, 4) is 0 Å². The molecule has 1 aliphatic rings. The molecule has 0 spiro atoms. The average molecular weight is 229 g/mol. The Kier molecular flexibility index (Phi) is 4.13. The maximum atomic E-state index is 5.62. The lowest BCUT2D eigenvalue weighted by Gasteiger charge is -2.30. The van der Waals surface area contributed by atoms with E-state index in [1.54, 1.807) is 0 Å². The largest absolute Gasteiger partial charge is 0.296 e. The number of hydrogen-bond acceptors (Lipinski definition) is 2. The fraction of sp³-hybridized carbons (Fsp3) is 0.333. The summed E-state index contributed by atoms with van der Waals surface area (Å²) in [7, 11) is 0. The zero-order valence-corrected chi connectivity index (χ0v) is 10.2. The first-order valence-corrected chi connectivity index (χ1v) is 6.12. The second-order valence-corrected chi connectivity index (χ2v) is 4.38. The van der Waals surface area contributed by atoms with Crippen molar-refractivity contribution in [1.29, 1.82) is 0 Å². The minimum atomic E-state index is -0.0382. The highest BCUT2D eigenvalue weighted by Crippen LogP contribution is 2.21. The van der Waals surface area contributed by atoms with Gasteiger partial charge < -0.3 is 0 Å². The Bertz CT molecular complexity index is 397. The first-order chi connectivity index (χ1) is 8.35. The van der Waals surface area contributed by atoms with E-state index < -0.39 is 0 Å². The van der Waals surface area contributed by atoms with Crippen LogP contribution in [0.1, 0.15) is 25.3 Å². The summed E-state index contributed by atoms with van der Waals surface area (Å²) in [6.07, 6.45) is 10.5. The number of allylic oxidation sites excluding steroid dienone is 2. The molecule has 0 saturated carbocycles. The average Bonchev–Trinajstić information content (AvgIpc) is 2.41. The Hall–Kier alpha value is -1.38. The summed E-state index contributed by atoms with van der Waals surface area (Å²) in [5, 5.41) is 0. The van der Waals surface area contributed by atoms with Gasteiger partial charge in [-0.25, -0.2) is 0 Å². The molecule has 0 amide bonds. The van der Waals surface area contributed by atoms with Crippen molar-refractivity contribution >= 4 is 0 Å². The molecule has 1 aromatic carbocycles. The van der Waals surface area contributed by atoms with Crippen molar-refractivity contribution < 1.29 is 4.84 Å². The third-order valence-electron chi connectivity index (χ3n) is 3.13. The van der Waals surface area contributed by atoms with E-state index in [1.807, 2.05) is 18.2 Å². The predicted octanol–water partition coefficient (Wildman–Crippen LogP) is 3.37. The van der Waals surface area contributed by atoms with E-state index in [1.165, 1.54) is 5.56 Å². The van der Waals surface area contributed by atoms with Crippen LogP contribution in [0.4, 0.5) is 0 Å². The first kappa shape index (κ1) is 12.1. The minimum absolute atomic E-state index is 0.0382. The Morgan fingerprint density at radius 3 is 2.71 bits per heavy atom. The molecule has 2 heteroatoms. The van der Waals surface area contributed by atoms with E-state index in [-0.39, 0.29) is 5.54 Å². The minimum Gasteiger partial charge on any atom is -0.296 e. The number of nitrogens with one attached hydrogen (secondary N) is 1. The van der Waals surface area contributed by atoms with Crippen LogP contribution in [0.3, 0.4) is 0 Å². The zero-order valence-electron chi connectivity index (χ0n) is 10.2. The quantitative estimate of drug-likeness (QED) is 0.782. The number of hydrogen-bond donors (Lipinski definition) is 1. The van der Waals surface area contributed by atoms with Gasteiger partial charge in [-0.05, 0) is 18.4 Å². The molecule has 0 radical (unpaired) electrons. The van der Waals surface area contributed by atoms with E-state index in [2.05, 4.69) is 48.8 Å². The molecular weight excluding hydrogens is 210 g/mol. The Morgan fingerprint density at radius 2 is 2.06 bits per heavy atom. The van der Waals surface area contributed by atoms with E-state index >= 15 is 0 Å². The van der Waals surface area contributed by atoms with Crippen LogP contribution in [0.25, 0.3) is 0 Å².